The maximum Gasteiger partial charge on any atom is 0.184 e. The molecule has 0 aliphatic carbocycles. The molecule has 2 N–H and O–H groups in total. The van der Waals surface area contributed by atoms with Crippen LogP contribution in [-0.2, 0) is 15.6 Å². The van der Waals surface area contributed by atoms with Crippen LogP contribution in [0.1, 0.15) is 5.56 Å². The highest BCUT2D eigenvalue weighted by molar-refractivity contribution is 7.90. The van der Waals surface area contributed by atoms with E-state index in [1.807, 2.05) is 0 Å². The number of fused-ring (bicyclic) bond motifs is 1. The molecule has 6 nitrogen and oxygen atoms in total. The summed E-state index contributed by atoms with van der Waals surface area (Å²) in [6.07, 6.45) is 3.10. The van der Waals surface area contributed by atoms with Crippen LogP contribution >= 0.6 is 11.6 Å². The van der Waals surface area contributed by atoms with Gasteiger partial charge in [-0.1, -0.05) is 35.9 Å². The van der Waals surface area contributed by atoms with Crippen LogP contribution < -0.4 is 0 Å². The Morgan fingerprint density at radius 3 is 2.50 bits per heavy atom. The van der Waals surface area contributed by atoms with Gasteiger partial charge < -0.3 is 4.98 Å². The largest absolute Gasteiger partial charge is 0.343 e. The minimum atomic E-state index is -4.06. The molecule has 172 valence electrons. The Morgan fingerprint density at radius 2 is 1.76 bits per heavy atom. The van der Waals surface area contributed by atoms with Gasteiger partial charge in [-0.15, -0.1) is 0 Å². The lowest BCUT2D eigenvalue weighted by Crippen LogP contribution is -2.08. The molecule has 34 heavy (non-hydrogen) atoms. The third kappa shape index (κ3) is 3.64. The summed E-state index contributed by atoms with van der Waals surface area (Å²) in [6, 6.07) is 10.3. The van der Waals surface area contributed by atoms with Gasteiger partial charge in [-0.25, -0.2) is 26.6 Å². The fourth-order valence-electron chi connectivity index (χ4n) is 3.76. The zero-order chi connectivity index (χ0) is 24.0. The van der Waals surface area contributed by atoms with Crippen LogP contribution in [-0.4, -0.2) is 28.6 Å². The van der Waals surface area contributed by atoms with Crippen molar-refractivity contribution in [3.63, 3.8) is 0 Å². The topological polar surface area (TPSA) is 91.5 Å². The number of aromatic nitrogens is 4. The third-order valence-electron chi connectivity index (χ3n) is 5.36. The fraction of sp³-hybridized carbons (Fsp3) is 0.0435. The molecule has 0 saturated heterocycles. The van der Waals surface area contributed by atoms with Crippen LogP contribution in [0.5, 0.6) is 0 Å². The van der Waals surface area contributed by atoms with Gasteiger partial charge in [0.25, 0.3) is 0 Å². The van der Waals surface area contributed by atoms with E-state index in [1.165, 1.54) is 36.5 Å². The Kier molecular flexibility index (Phi) is 5.41. The summed E-state index contributed by atoms with van der Waals surface area (Å²) in [4.78, 5) is 6.78. The molecule has 5 aromatic rings. The maximum atomic E-state index is 15.4. The SMILES string of the molecule is O=S(=O)(Cc1ccc(F)c(-c2ccc3c(-c4ncc[nH]4)[nH]nc3c2F)c1F)c1ccccc1Cl. The van der Waals surface area contributed by atoms with Gasteiger partial charge in [0.1, 0.15) is 22.8 Å². The van der Waals surface area contributed by atoms with Gasteiger partial charge in [0.2, 0.25) is 0 Å². The lowest BCUT2D eigenvalue weighted by atomic mass is 9.99. The van der Waals surface area contributed by atoms with Gasteiger partial charge in [0.05, 0.1) is 21.2 Å². The molecule has 0 aliphatic heterocycles. The second kappa shape index (κ2) is 8.30. The number of nitrogens with zero attached hydrogens (tertiary/aromatic N) is 2. The first kappa shape index (κ1) is 22.2. The van der Waals surface area contributed by atoms with E-state index in [9.17, 15) is 12.8 Å². The molecule has 11 heteroatoms. The van der Waals surface area contributed by atoms with E-state index >= 15 is 8.78 Å². The Bertz CT molecular complexity index is 1650. The zero-order valence-electron chi connectivity index (χ0n) is 17.1. The van der Waals surface area contributed by atoms with Crippen molar-refractivity contribution in [1.29, 1.82) is 0 Å². The minimum absolute atomic E-state index is 0.0207. The Labute approximate surface area is 196 Å². The highest BCUT2D eigenvalue weighted by atomic mass is 35.5. The molecule has 2 heterocycles. The van der Waals surface area contributed by atoms with Crippen LogP contribution in [0.2, 0.25) is 5.02 Å². The third-order valence-corrected chi connectivity index (χ3v) is 7.52. The van der Waals surface area contributed by atoms with Crippen LogP contribution in [0.4, 0.5) is 13.2 Å². The molecule has 0 atom stereocenters. The van der Waals surface area contributed by atoms with E-state index < -0.39 is 44.2 Å². The van der Waals surface area contributed by atoms with Crippen molar-refractivity contribution in [2.24, 2.45) is 0 Å². The molecular weight excluding hydrogens is 489 g/mol. The molecule has 0 aliphatic rings. The molecule has 3 aromatic carbocycles. The number of benzene rings is 3. The van der Waals surface area contributed by atoms with Gasteiger partial charge in [-0.3, -0.25) is 5.10 Å². The van der Waals surface area contributed by atoms with Crippen molar-refractivity contribution < 1.29 is 21.6 Å². The zero-order valence-corrected chi connectivity index (χ0v) is 18.7. The number of H-pyrrole nitrogens is 2. The monoisotopic (exact) mass is 502 g/mol. The predicted octanol–water partition coefficient (Wildman–Crippen LogP) is 5.66. The van der Waals surface area contributed by atoms with E-state index in [4.69, 9.17) is 11.6 Å². The summed E-state index contributed by atoms with van der Waals surface area (Å²) < 4.78 is 71.2. The second-order valence-electron chi connectivity index (χ2n) is 7.44. The number of hydrogen-bond donors (Lipinski definition) is 2. The predicted molar refractivity (Wildman–Crippen MR) is 121 cm³/mol. The number of hydrogen-bond acceptors (Lipinski definition) is 4. The van der Waals surface area contributed by atoms with Gasteiger partial charge in [0, 0.05) is 28.9 Å². The molecule has 0 bridgehead atoms. The first-order chi connectivity index (χ1) is 16.3. The fourth-order valence-corrected chi connectivity index (χ4v) is 5.68. The number of nitrogens with one attached hydrogen (secondary N) is 2. The summed E-state index contributed by atoms with van der Waals surface area (Å²) in [5.41, 5.74) is -1.14. The molecular formula is C23H14ClF3N4O2S. The molecule has 0 radical (unpaired) electrons. The number of imidazole rings is 1. The van der Waals surface area contributed by atoms with Gasteiger partial charge in [-0.2, -0.15) is 5.10 Å². The number of rotatable bonds is 5. The summed E-state index contributed by atoms with van der Waals surface area (Å²) >= 11 is 5.98. The van der Waals surface area contributed by atoms with E-state index in [0.29, 0.717) is 16.9 Å². The van der Waals surface area contributed by atoms with Gasteiger partial charge in [-0.05, 0) is 24.3 Å². The van der Waals surface area contributed by atoms with E-state index in [1.54, 1.807) is 12.3 Å². The van der Waals surface area contributed by atoms with E-state index in [2.05, 4.69) is 20.2 Å². The molecule has 5 rings (SSSR count). The van der Waals surface area contributed by atoms with E-state index in [0.717, 1.165) is 12.1 Å². The lowest BCUT2D eigenvalue weighted by Gasteiger charge is -2.12. The smallest absolute Gasteiger partial charge is 0.184 e. The van der Waals surface area contributed by atoms with Crippen LogP contribution in [0, 0.1) is 17.5 Å². The van der Waals surface area contributed by atoms with Crippen molar-refractivity contribution in [2.45, 2.75) is 10.6 Å². The summed E-state index contributed by atoms with van der Waals surface area (Å²) in [6.45, 7) is 0. The molecule has 0 amide bonds. The average Bonchev–Trinajstić information content (AvgIpc) is 3.47. The molecule has 0 fully saturated rings. The van der Waals surface area contributed by atoms with Crippen molar-refractivity contribution in [3.8, 4) is 22.6 Å². The van der Waals surface area contributed by atoms with Crippen molar-refractivity contribution in [1.82, 2.24) is 20.2 Å². The second-order valence-corrected chi connectivity index (χ2v) is 9.81. The van der Waals surface area contributed by atoms with Crippen molar-refractivity contribution in [2.75, 3.05) is 0 Å². The quantitative estimate of drug-likeness (QED) is 0.324. The van der Waals surface area contributed by atoms with Crippen molar-refractivity contribution >= 4 is 32.3 Å². The van der Waals surface area contributed by atoms with Crippen LogP contribution in [0.25, 0.3) is 33.5 Å². The maximum absolute atomic E-state index is 15.4. The summed E-state index contributed by atoms with van der Waals surface area (Å²) in [7, 11) is -4.06. The highest BCUT2D eigenvalue weighted by Gasteiger charge is 2.26. The van der Waals surface area contributed by atoms with Crippen LogP contribution in [0.15, 0.2) is 65.8 Å². The minimum Gasteiger partial charge on any atom is -0.343 e. The van der Waals surface area contributed by atoms with E-state index in [-0.39, 0.29) is 21.0 Å². The highest BCUT2D eigenvalue weighted by Crippen LogP contribution is 2.36. The lowest BCUT2D eigenvalue weighted by molar-refractivity contribution is 0.570. The summed E-state index contributed by atoms with van der Waals surface area (Å²) in [5, 5.41) is 6.94. The summed E-state index contributed by atoms with van der Waals surface area (Å²) in [5.74, 6) is -3.56. The number of sulfone groups is 1. The normalized spacial score (nSPS) is 11.9. The first-order valence-electron chi connectivity index (χ1n) is 9.89. The number of halogens is 4. The molecule has 2 aromatic heterocycles. The van der Waals surface area contributed by atoms with Crippen LogP contribution in [0.3, 0.4) is 0 Å². The standard InChI is InChI=1S/C23H14ClF3N4O2S/c24-15-3-1-2-4-17(15)34(32,33)11-12-5-8-16(25)18(19(12)26)13-6-7-14-21(20(13)27)30-31-22(14)23-28-9-10-29-23/h1-10H,11H2,(H,28,29)(H,30,31). The first-order valence-corrected chi connectivity index (χ1v) is 11.9. The average molecular weight is 503 g/mol. The van der Waals surface area contributed by atoms with Crippen molar-refractivity contribution in [3.05, 3.63) is 89.0 Å². The Hall–Kier alpha value is -3.63. The van der Waals surface area contributed by atoms with Gasteiger partial charge >= 0.3 is 0 Å². The molecule has 0 saturated carbocycles. The Balaban J connectivity index is 1.61. The molecule has 0 spiro atoms. The number of aromatic amines is 2. The Morgan fingerprint density at radius 1 is 0.971 bits per heavy atom. The molecule has 0 unspecified atom stereocenters. The van der Waals surface area contributed by atoms with Gasteiger partial charge in [0.15, 0.2) is 21.5 Å².